The van der Waals surface area contributed by atoms with Crippen molar-refractivity contribution in [2.45, 2.75) is 38.5 Å². The second-order valence-corrected chi connectivity index (χ2v) is 5.46. The topological polar surface area (TPSA) is 92.4 Å². The lowest BCUT2D eigenvalue weighted by atomic mass is 9.85. The van der Waals surface area contributed by atoms with Crippen LogP contribution in [0.25, 0.3) is 0 Å². The second kappa shape index (κ2) is 4.29. The number of aliphatic carboxylic acids is 1. The summed E-state index contributed by atoms with van der Waals surface area (Å²) in [6.45, 7) is 0.613. The van der Waals surface area contributed by atoms with E-state index in [0.29, 0.717) is 19.4 Å². The van der Waals surface area contributed by atoms with Gasteiger partial charge in [0.25, 0.3) is 0 Å². The van der Waals surface area contributed by atoms with E-state index in [1.54, 1.807) is 0 Å². The minimum atomic E-state index is -0.800. The average Bonchev–Trinajstić information content (AvgIpc) is 2.96. The number of carboxylic acids is 1. The third-order valence-electron chi connectivity index (χ3n) is 4.33. The van der Waals surface area contributed by atoms with Crippen molar-refractivity contribution in [3.05, 3.63) is 0 Å². The van der Waals surface area contributed by atoms with Crippen molar-refractivity contribution in [3.8, 4) is 0 Å². The molecule has 17 heavy (non-hydrogen) atoms. The highest BCUT2D eigenvalue weighted by Gasteiger charge is 2.51. The Labute approximate surface area is 101 Å². The molecule has 96 valence electrons. The van der Waals surface area contributed by atoms with E-state index in [1.165, 1.54) is 0 Å². The van der Waals surface area contributed by atoms with Gasteiger partial charge >= 0.3 is 5.97 Å². The number of amides is 1. The molecule has 0 heterocycles. The zero-order valence-corrected chi connectivity index (χ0v) is 10.00. The smallest absolute Gasteiger partial charge is 0.311 e. The summed E-state index contributed by atoms with van der Waals surface area (Å²) in [5, 5.41) is 11.8. The molecule has 0 bridgehead atoms. The van der Waals surface area contributed by atoms with E-state index in [2.05, 4.69) is 5.32 Å². The number of nitrogens with two attached hydrogens (primary N) is 1. The van der Waals surface area contributed by atoms with Crippen LogP contribution in [0.1, 0.15) is 38.5 Å². The van der Waals surface area contributed by atoms with Gasteiger partial charge in [0.2, 0.25) is 5.91 Å². The van der Waals surface area contributed by atoms with Crippen LogP contribution in [0.15, 0.2) is 0 Å². The van der Waals surface area contributed by atoms with Gasteiger partial charge in [0.15, 0.2) is 0 Å². The van der Waals surface area contributed by atoms with Crippen LogP contribution in [0, 0.1) is 10.8 Å². The van der Waals surface area contributed by atoms with Crippen molar-refractivity contribution < 1.29 is 14.7 Å². The molecule has 4 N–H and O–H groups in total. The van der Waals surface area contributed by atoms with E-state index in [9.17, 15) is 9.59 Å². The van der Waals surface area contributed by atoms with Gasteiger partial charge in [-0.05, 0) is 25.7 Å². The first-order chi connectivity index (χ1) is 8.05. The average molecular weight is 240 g/mol. The van der Waals surface area contributed by atoms with Crippen molar-refractivity contribution >= 4 is 11.9 Å². The van der Waals surface area contributed by atoms with E-state index in [0.717, 1.165) is 25.7 Å². The van der Waals surface area contributed by atoms with Gasteiger partial charge < -0.3 is 16.2 Å². The second-order valence-electron chi connectivity index (χ2n) is 5.46. The maximum absolute atomic E-state index is 12.1. The summed E-state index contributed by atoms with van der Waals surface area (Å²) in [6.07, 6.45) is 5.06. The van der Waals surface area contributed by atoms with Crippen LogP contribution in [0.5, 0.6) is 0 Å². The monoisotopic (exact) mass is 240 g/mol. The minimum Gasteiger partial charge on any atom is -0.481 e. The van der Waals surface area contributed by atoms with Gasteiger partial charge in [-0.1, -0.05) is 12.8 Å². The summed E-state index contributed by atoms with van der Waals surface area (Å²) in [5.41, 5.74) is 4.58. The van der Waals surface area contributed by atoms with Gasteiger partial charge in [-0.3, -0.25) is 9.59 Å². The number of nitrogens with one attached hydrogen (secondary N) is 1. The third kappa shape index (κ3) is 2.16. The Balaban J connectivity index is 1.91. The Morgan fingerprint density at radius 2 is 1.71 bits per heavy atom. The number of hydrogen-bond acceptors (Lipinski definition) is 3. The highest BCUT2D eigenvalue weighted by atomic mass is 16.4. The van der Waals surface area contributed by atoms with E-state index in [4.69, 9.17) is 10.8 Å². The van der Waals surface area contributed by atoms with Crippen LogP contribution in [-0.4, -0.2) is 30.1 Å². The Kier molecular flexibility index (Phi) is 3.12. The van der Waals surface area contributed by atoms with Crippen molar-refractivity contribution in [2.75, 3.05) is 13.1 Å². The zero-order valence-electron chi connectivity index (χ0n) is 10.00. The molecule has 0 aromatic heterocycles. The van der Waals surface area contributed by atoms with Gasteiger partial charge in [-0.2, -0.15) is 0 Å². The first-order valence-electron chi connectivity index (χ1n) is 6.26. The highest BCUT2D eigenvalue weighted by molar-refractivity contribution is 5.85. The largest absolute Gasteiger partial charge is 0.481 e. The molecule has 0 radical (unpaired) electrons. The summed E-state index contributed by atoms with van der Waals surface area (Å²) in [4.78, 5) is 23.1. The molecule has 0 aromatic rings. The van der Waals surface area contributed by atoms with E-state index in [1.807, 2.05) is 0 Å². The van der Waals surface area contributed by atoms with Crippen LogP contribution in [0.2, 0.25) is 0 Å². The number of carbonyl (C=O) groups is 2. The molecule has 0 aromatic carbocycles. The Hall–Kier alpha value is -1.10. The summed E-state index contributed by atoms with van der Waals surface area (Å²) >= 11 is 0. The maximum Gasteiger partial charge on any atom is 0.311 e. The minimum absolute atomic E-state index is 0.0509. The lowest BCUT2D eigenvalue weighted by molar-refractivity contribution is -0.143. The molecule has 2 aliphatic rings. The lowest BCUT2D eigenvalue weighted by Crippen LogP contribution is -2.46. The Bertz CT molecular complexity index is 331. The van der Waals surface area contributed by atoms with Crippen LogP contribution in [0.4, 0.5) is 0 Å². The Morgan fingerprint density at radius 3 is 2.12 bits per heavy atom. The first-order valence-corrected chi connectivity index (χ1v) is 6.26. The molecular weight excluding hydrogens is 220 g/mol. The van der Waals surface area contributed by atoms with Crippen LogP contribution >= 0.6 is 0 Å². The number of carbonyl (C=O) groups excluding carboxylic acids is 1. The molecule has 2 fully saturated rings. The van der Waals surface area contributed by atoms with Gasteiger partial charge in [0.05, 0.1) is 10.8 Å². The molecule has 0 spiro atoms. The van der Waals surface area contributed by atoms with Crippen molar-refractivity contribution in [2.24, 2.45) is 16.6 Å². The van der Waals surface area contributed by atoms with Crippen molar-refractivity contribution in [3.63, 3.8) is 0 Å². The standard InChI is InChI=1S/C12H20N2O3/c13-7-11(3-1-2-4-11)9(15)14-8-12(5-6-12)10(16)17/h1-8,13H2,(H,14,15)(H,16,17). The van der Waals surface area contributed by atoms with Crippen molar-refractivity contribution in [1.29, 1.82) is 0 Å². The van der Waals surface area contributed by atoms with Gasteiger partial charge in [-0.15, -0.1) is 0 Å². The molecule has 2 aliphatic carbocycles. The number of hydrogen-bond donors (Lipinski definition) is 3. The summed E-state index contributed by atoms with van der Waals surface area (Å²) in [7, 11) is 0. The van der Waals surface area contributed by atoms with Gasteiger partial charge in [-0.25, -0.2) is 0 Å². The molecule has 5 nitrogen and oxygen atoms in total. The SMILES string of the molecule is NCC1(C(=O)NCC2(C(=O)O)CC2)CCCC1. The quantitative estimate of drug-likeness (QED) is 0.652. The molecule has 0 unspecified atom stereocenters. The molecule has 0 saturated heterocycles. The predicted molar refractivity (Wildman–Crippen MR) is 62.3 cm³/mol. The lowest BCUT2D eigenvalue weighted by Gasteiger charge is -2.26. The normalized spacial score (nSPS) is 24.3. The molecule has 0 aliphatic heterocycles. The fraction of sp³-hybridized carbons (Fsp3) is 0.833. The fourth-order valence-electron chi connectivity index (χ4n) is 2.63. The number of carboxylic acid groups (broad SMARTS) is 1. The van der Waals surface area contributed by atoms with E-state index in [-0.39, 0.29) is 12.5 Å². The summed E-state index contributed by atoms with van der Waals surface area (Å²) < 4.78 is 0. The van der Waals surface area contributed by atoms with Crippen LogP contribution in [-0.2, 0) is 9.59 Å². The summed E-state index contributed by atoms with van der Waals surface area (Å²) in [6, 6.07) is 0. The fourth-order valence-corrected chi connectivity index (χ4v) is 2.63. The molecular formula is C12H20N2O3. The first kappa shape index (κ1) is 12.4. The van der Waals surface area contributed by atoms with E-state index < -0.39 is 16.8 Å². The van der Waals surface area contributed by atoms with E-state index >= 15 is 0 Å². The van der Waals surface area contributed by atoms with Crippen LogP contribution in [0.3, 0.4) is 0 Å². The number of rotatable bonds is 5. The van der Waals surface area contributed by atoms with Gasteiger partial charge in [0.1, 0.15) is 0 Å². The molecule has 2 saturated carbocycles. The zero-order chi connectivity index (χ0) is 12.5. The molecule has 1 amide bonds. The molecule has 2 rings (SSSR count). The van der Waals surface area contributed by atoms with Crippen molar-refractivity contribution in [1.82, 2.24) is 5.32 Å². The van der Waals surface area contributed by atoms with Gasteiger partial charge in [0, 0.05) is 13.1 Å². The third-order valence-corrected chi connectivity index (χ3v) is 4.33. The molecule has 0 atom stereocenters. The summed E-state index contributed by atoms with van der Waals surface area (Å²) in [5.74, 6) is -0.851. The van der Waals surface area contributed by atoms with Crippen LogP contribution < -0.4 is 11.1 Å². The predicted octanol–water partition coefficient (Wildman–Crippen LogP) is 0.486. The highest BCUT2D eigenvalue weighted by Crippen LogP contribution is 2.45. The molecule has 5 heteroatoms. The maximum atomic E-state index is 12.1. The Morgan fingerprint density at radius 1 is 1.12 bits per heavy atom.